The van der Waals surface area contributed by atoms with Gasteiger partial charge >= 0.3 is 0 Å². The third-order valence-electron chi connectivity index (χ3n) is 9.15. The third-order valence-corrected chi connectivity index (χ3v) is 9.90. The smallest absolute Gasteiger partial charge is 0.211 e. The number of allylic oxidation sites excluding steroid dienone is 1. The van der Waals surface area contributed by atoms with Gasteiger partial charge in [0.15, 0.2) is 5.78 Å². The number of nitrogens with zero attached hydrogens (tertiary/aromatic N) is 1. The van der Waals surface area contributed by atoms with Gasteiger partial charge in [0.05, 0.1) is 29.7 Å². The van der Waals surface area contributed by atoms with E-state index < -0.39 is 28.8 Å². The Kier molecular flexibility index (Phi) is 4.01. The van der Waals surface area contributed by atoms with Crippen LogP contribution in [0.4, 0.5) is 0 Å². The maximum Gasteiger partial charge on any atom is 0.211 e. The highest BCUT2D eigenvalue weighted by molar-refractivity contribution is 7.09. The van der Waals surface area contributed by atoms with E-state index in [0.717, 1.165) is 24.1 Å². The molecule has 3 heterocycles. The van der Waals surface area contributed by atoms with Gasteiger partial charge in [0.1, 0.15) is 11.5 Å². The van der Waals surface area contributed by atoms with E-state index in [2.05, 4.69) is 37.6 Å². The number of rotatable bonds is 3. The minimum atomic E-state index is -1.61. The number of Topliss-reactive ketones (excluding diaryl/α,β-unsaturated/α-hetero) is 1. The summed E-state index contributed by atoms with van der Waals surface area (Å²) in [6.07, 6.45) is 6.39. The van der Waals surface area contributed by atoms with Crippen LogP contribution in [-0.2, 0) is 20.9 Å². The van der Waals surface area contributed by atoms with Crippen LogP contribution in [0.25, 0.3) is 0 Å². The van der Waals surface area contributed by atoms with Crippen LogP contribution < -0.4 is 0 Å². The topological polar surface area (TPSA) is 88.9 Å². The molecule has 6 nitrogen and oxygen atoms in total. The zero-order chi connectivity index (χ0) is 21.8. The number of fused-ring (bicyclic) bond motifs is 2. The van der Waals surface area contributed by atoms with Gasteiger partial charge in [-0.3, -0.25) is 9.78 Å². The minimum absolute atomic E-state index is 0.138. The van der Waals surface area contributed by atoms with E-state index in [1.807, 2.05) is 0 Å². The van der Waals surface area contributed by atoms with Gasteiger partial charge in [-0.05, 0) is 36.2 Å². The first kappa shape index (κ1) is 20.2. The Hall–Kier alpha value is -1.38. The van der Waals surface area contributed by atoms with Crippen LogP contribution in [0.15, 0.2) is 36.0 Å². The molecule has 2 N–H and O–H groups in total. The summed E-state index contributed by atoms with van der Waals surface area (Å²) in [4.78, 5) is 18.9. The fourth-order valence-corrected chi connectivity index (χ4v) is 8.62. The van der Waals surface area contributed by atoms with Crippen LogP contribution in [0.3, 0.4) is 0 Å². The van der Waals surface area contributed by atoms with Crippen molar-refractivity contribution in [2.75, 3.05) is 6.61 Å². The van der Waals surface area contributed by atoms with Gasteiger partial charge in [0, 0.05) is 23.4 Å². The Bertz CT molecular complexity index is 988. The normalized spacial score (nSPS) is 49.2. The Morgan fingerprint density at radius 1 is 1.32 bits per heavy atom. The lowest BCUT2D eigenvalue weighted by Crippen LogP contribution is -2.83. The number of thiazole rings is 1. The molecule has 2 aliphatic heterocycles. The number of aliphatic hydroxyl groups is 2. The first-order valence-electron chi connectivity index (χ1n) is 11.1. The predicted molar refractivity (Wildman–Crippen MR) is 114 cm³/mol. The lowest BCUT2D eigenvalue weighted by Gasteiger charge is -2.73. The van der Waals surface area contributed by atoms with E-state index in [-0.39, 0.29) is 35.6 Å². The Balaban J connectivity index is 1.58. The molecule has 0 amide bonds. The molecule has 6 aliphatic rings. The maximum atomic E-state index is 13.9. The lowest BCUT2D eigenvalue weighted by molar-refractivity contribution is -0.450. The summed E-state index contributed by atoms with van der Waals surface area (Å²) in [5, 5.41) is 23.6. The average Bonchev–Trinajstić information content (AvgIpc) is 3.28. The number of ether oxygens (including phenoxy) is 2. The van der Waals surface area contributed by atoms with E-state index in [1.165, 1.54) is 11.3 Å². The molecule has 0 radical (unpaired) electrons. The van der Waals surface area contributed by atoms with Crippen molar-refractivity contribution in [3.05, 3.63) is 40.9 Å². The molecule has 4 bridgehead atoms. The van der Waals surface area contributed by atoms with Crippen LogP contribution in [0.2, 0.25) is 0 Å². The Morgan fingerprint density at radius 3 is 2.87 bits per heavy atom. The summed E-state index contributed by atoms with van der Waals surface area (Å²) >= 11 is 1.45. The van der Waals surface area contributed by atoms with Gasteiger partial charge in [0.25, 0.3) is 0 Å². The summed E-state index contributed by atoms with van der Waals surface area (Å²) < 4.78 is 12.9. The van der Waals surface area contributed by atoms with Crippen molar-refractivity contribution in [1.82, 2.24) is 4.98 Å². The molecule has 3 saturated carbocycles. The SMILES string of the molecule is C=C1C(=O)[C@]23[C@H](O)[C@H]1CC[C@H]2[C@]12C=CCC(C)(C)[C@H]1[C@H](O)[C@@]3(OCc1cncs1)OC2. The van der Waals surface area contributed by atoms with Crippen molar-refractivity contribution in [3.8, 4) is 0 Å². The molecule has 7 heteroatoms. The van der Waals surface area contributed by atoms with Crippen LogP contribution in [0.1, 0.15) is 38.0 Å². The van der Waals surface area contributed by atoms with E-state index in [4.69, 9.17) is 9.47 Å². The molecule has 5 fully saturated rings. The molecular weight excluding hydrogens is 414 g/mol. The second-order valence-corrected chi connectivity index (χ2v) is 11.7. The molecule has 1 aromatic rings. The van der Waals surface area contributed by atoms with Crippen molar-refractivity contribution >= 4 is 17.1 Å². The molecule has 31 heavy (non-hydrogen) atoms. The lowest BCUT2D eigenvalue weighted by atomic mass is 9.37. The fraction of sp³-hybridized carbons (Fsp3) is 0.667. The number of hydrogen-bond donors (Lipinski definition) is 2. The van der Waals surface area contributed by atoms with Gasteiger partial charge in [-0.2, -0.15) is 0 Å². The van der Waals surface area contributed by atoms with Gasteiger partial charge in [-0.1, -0.05) is 32.6 Å². The summed E-state index contributed by atoms with van der Waals surface area (Å²) in [5.74, 6) is -2.41. The number of carbonyl (C=O) groups is 1. The summed E-state index contributed by atoms with van der Waals surface area (Å²) in [6.45, 7) is 8.96. The summed E-state index contributed by atoms with van der Waals surface area (Å²) in [6, 6.07) is 0. The van der Waals surface area contributed by atoms with E-state index in [9.17, 15) is 15.0 Å². The molecule has 0 aromatic carbocycles. The second kappa shape index (κ2) is 6.14. The summed E-state index contributed by atoms with van der Waals surface area (Å²) in [7, 11) is 0. The molecule has 2 saturated heterocycles. The largest absolute Gasteiger partial charge is 0.391 e. The molecule has 166 valence electrons. The second-order valence-electron chi connectivity index (χ2n) is 10.7. The van der Waals surface area contributed by atoms with Gasteiger partial charge < -0.3 is 19.7 Å². The van der Waals surface area contributed by atoms with E-state index in [0.29, 0.717) is 12.2 Å². The summed E-state index contributed by atoms with van der Waals surface area (Å²) in [5.41, 5.74) is 0.127. The highest BCUT2D eigenvalue weighted by Gasteiger charge is 2.86. The standard InChI is InChI=1S/C24H29NO5S/c1-13-15-5-6-16-22-8-4-7-21(2,3)17(22)20(28)24(30-11-22,23(16,18(13)26)19(15)27)29-10-14-9-25-12-31-14/h4,8-9,12,15-17,19-20,27-28H,1,5-7,10-11H2,2-3H3/t15-,16-,17+,19+,20-,22+,23-,24+/m0/s1. The molecule has 2 spiro atoms. The maximum absolute atomic E-state index is 13.9. The van der Waals surface area contributed by atoms with E-state index in [1.54, 1.807) is 11.7 Å². The number of hydrogen-bond acceptors (Lipinski definition) is 7. The van der Waals surface area contributed by atoms with Crippen molar-refractivity contribution in [2.45, 2.75) is 57.7 Å². The number of aromatic nitrogens is 1. The quantitative estimate of drug-likeness (QED) is 0.552. The molecular formula is C24H29NO5S. The Morgan fingerprint density at radius 2 is 2.13 bits per heavy atom. The minimum Gasteiger partial charge on any atom is -0.391 e. The van der Waals surface area contributed by atoms with Gasteiger partial charge in [-0.15, -0.1) is 11.3 Å². The zero-order valence-electron chi connectivity index (χ0n) is 17.9. The van der Waals surface area contributed by atoms with Gasteiger partial charge in [-0.25, -0.2) is 0 Å². The molecule has 0 unspecified atom stereocenters. The number of aliphatic hydroxyl groups excluding tert-OH is 2. The molecule has 1 aromatic heterocycles. The van der Waals surface area contributed by atoms with Crippen molar-refractivity contribution in [2.24, 2.45) is 34.0 Å². The van der Waals surface area contributed by atoms with Crippen LogP contribution in [-0.4, -0.2) is 45.6 Å². The van der Waals surface area contributed by atoms with Gasteiger partial charge in [0.2, 0.25) is 5.79 Å². The highest BCUT2D eigenvalue weighted by atomic mass is 32.1. The van der Waals surface area contributed by atoms with Crippen LogP contribution in [0, 0.1) is 34.0 Å². The molecule has 4 aliphatic carbocycles. The highest BCUT2D eigenvalue weighted by Crippen LogP contribution is 2.76. The zero-order valence-corrected chi connectivity index (χ0v) is 18.7. The molecule has 7 rings (SSSR count). The molecule has 8 atom stereocenters. The monoisotopic (exact) mass is 443 g/mol. The van der Waals surface area contributed by atoms with Crippen LogP contribution >= 0.6 is 11.3 Å². The van der Waals surface area contributed by atoms with Crippen molar-refractivity contribution in [1.29, 1.82) is 0 Å². The first-order valence-corrected chi connectivity index (χ1v) is 12.0. The number of carbonyl (C=O) groups excluding carboxylic acids is 1. The average molecular weight is 444 g/mol. The Labute approximate surface area is 186 Å². The predicted octanol–water partition coefficient (Wildman–Crippen LogP) is 2.86. The third kappa shape index (κ3) is 2.09. The van der Waals surface area contributed by atoms with Crippen molar-refractivity contribution < 1.29 is 24.5 Å². The van der Waals surface area contributed by atoms with Crippen LogP contribution in [0.5, 0.6) is 0 Å². The number of ketones is 1. The fourth-order valence-electron chi connectivity index (χ4n) is 8.12. The first-order chi connectivity index (χ1) is 14.7. The van der Waals surface area contributed by atoms with E-state index >= 15 is 0 Å². The van der Waals surface area contributed by atoms with Crippen molar-refractivity contribution in [3.63, 3.8) is 0 Å².